The van der Waals surface area contributed by atoms with Crippen LogP contribution in [0.5, 0.6) is 5.75 Å². The number of aromatic nitrogens is 3. The van der Waals surface area contributed by atoms with Crippen molar-refractivity contribution in [1.82, 2.24) is 14.8 Å². The molecule has 0 aliphatic heterocycles. The van der Waals surface area contributed by atoms with Crippen molar-refractivity contribution >= 4 is 11.8 Å². The summed E-state index contributed by atoms with van der Waals surface area (Å²) in [6.45, 7) is 4.89. The molecule has 2 aromatic rings. The van der Waals surface area contributed by atoms with Crippen molar-refractivity contribution in [2.24, 2.45) is 0 Å². The third-order valence-corrected chi connectivity index (χ3v) is 5.37. The van der Waals surface area contributed by atoms with Crippen molar-refractivity contribution in [2.75, 3.05) is 12.4 Å². The molecule has 2 fully saturated rings. The van der Waals surface area contributed by atoms with Gasteiger partial charge in [0.1, 0.15) is 11.6 Å². The molecule has 122 valence electrons. The SMILES string of the molecule is Cc1ccc(C)c(OCCSc2nnc(C3CC3)n2C2CC2)c1. The van der Waals surface area contributed by atoms with Crippen molar-refractivity contribution in [1.29, 1.82) is 0 Å². The van der Waals surface area contributed by atoms with Crippen LogP contribution in [-0.4, -0.2) is 27.1 Å². The molecule has 1 aromatic carbocycles. The molecule has 0 radical (unpaired) electrons. The number of hydrogen-bond donors (Lipinski definition) is 0. The lowest BCUT2D eigenvalue weighted by Gasteiger charge is -2.10. The summed E-state index contributed by atoms with van der Waals surface area (Å²) in [5, 5.41) is 9.97. The van der Waals surface area contributed by atoms with Crippen LogP contribution >= 0.6 is 11.8 Å². The van der Waals surface area contributed by atoms with E-state index in [1.165, 1.54) is 42.6 Å². The van der Waals surface area contributed by atoms with Crippen LogP contribution in [0.3, 0.4) is 0 Å². The Bertz CT molecular complexity index is 704. The van der Waals surface area contributed by atoms with Gasteiger partial charge in [-0.05, 0) is 56.7 Å². The Morgan fingerprint density at radius 3 is 2.74 bits per heavy atom. The van der Waals surface area contributed by atoms with Crippen molar-refractivity contribution in [3.05, 3.63) is 35.2 Å². The molecule has 0 amide bonds. The molecule has 1 heterocycles. The highest BCUT2D eigenvalue weighted by molar-refractivity contribution is 7.99. The minimum Gasteiger partial charge on any atom is -0.492 e. The molecule has 23 heavy (non-hydrogen) atoms. The minimum atomic E-state index is 0.656. The van der Waals surface area contributed by atoms with Crippen molar-refractivity contribution in [3.63, 3.8) is 0 Å². The monoisotopic (exact) mass is 329 g/mol. The van der Waals surface area contributed by atoms with Gasteiger partial charge in [-0.3, -0.25) is 0 Å². The number of rotatable bonds is 7. The molecule has 2 aliphatic carbocycles. The quantitative estimate of drug-likeness (QED) is 0.561. The third kappa shape index (κ3) is 3.39. The molecular formula is C18H23N3OS. The van der Waals surface area contributed by atoms with Gasteiger partial charge in [0, 0.05) is 17.7 Å². The number of ether oxygens (including phenoxy) is 1. The Hall–Kier alpha value is -1.49. The highest BCUT2D eigenvalue weighted by Gasteiger charge is 2.36. The Kier molecular flexibility index (Phi) is 4.05. The summed E-state index contributed by atoms with van der Waals surface area (Å²) in [6.07, 6.45) is 5.13. The van der Waals surface area contributed by atoms with Gasteiger partial charge in [-0.1, -0.05) is 23.9 Å². The average Bonchev–Trinajstić information content (AvgIpc) is 3.46. The van der Waals surface area contributed by atoms with E-state index in [-0.39, 0.29) is 0 Å². The first-order chi connectivity index (χ1) is 11.2. The zero-order chi connectivity index (χ0) is 15.8. The predicted molar refractivity (Wildman–Crippen MR) is 92.4 cm³/mol. The van der Waals surface area contributed by atoms with Crippen molar-refractivity contribution in [3.8, 4) is 5.75 Å². The first kappa shape index (κ1) is 15.1. The van der Waals surface area contributed by atoms with Crippen LogP contribution in [0.1, 0.15) is 54.6 Å². The highest BCUT2D eigenvalue weighted by atomic mass is 32.2. The standard InChI is InChI=1S/C18H23N3OS/c1-12-3-4-13(2)16(11-12)22-9-10-23-18-20-19-17(14-5-6-14)21(18)15-7-8-15/h3-4,11,14-15H,5-10H2,1-2H3. The largest absolute Gasteiger partial charge is 0.492 e. The lowest BCUT2D eigenvalue weighted by molar-refractivity contribution is 0.341. The molecule has 4 nitrogen and oxygen atoms in total. The van der Waals surface area contributed by atoms with Crippen LogP contribution in [0.25, 0.3) is 0 Å². The van der Waals surface area contributed by atoms with Crippen molar-refractivity contribution < 1.29 is 4.74 Å². The van der Waals surface area contributed by atoms with Gasteiger partial charge in [0.15, 0.2) is 5.16 Å². The summed E-state index contributed by atoms with van der Waals surface area (Å²) in [7, 11) is 0. The van der Waals surface area contributed by atoms with Crippen LogP contribution in [0, 0.1) is 13.8 Å². The second kappa shape index (κ2) is 6.19. The van der Waals surface area contributed by atoms with Crippen LogP contribution in [0.2, 0.25) is 0 Å². The number of thioether (sulfide) groups is 1. The van der Waals surface area contributed by atoms with Crippen LogP contribution in [-0.2, 0) is 0 Å². The molecule has 2 aliphatic rings. The molecule has 1 aromatic heterocycles. The molecule has 5 heteroatoms. The van der Waals surface area contributed by atoms with Gasteiger partial charge in [-0.25, -0.2) is 0 Å². The summed E-state index contributed by atoms with van der Waals surface area (Å²) in [5.74, 6) is 3.80. The Balaban J connectivity index is 1.35. The fraction of sp³-hybridized carbons (Fsp3) is 0.556. The van der Waals surface area contributed by atoms with Gasteiger partial charge in [-0.15, -0.1) is 10.2 Å². The fourth-order valence-corrected chi connectivity index (χ4v) is 3.66. The summed E-state index contributed by atoms with van der Waals surface area (Å²) in [6, 6.07) is 7.00. The summed E-state index contributed by atoms with van der Waals surface area (Å²) < 4.78 is 8.35. The maximum Gasteiger partial charge on any atom is 0.191 e. The number of hydrogen-bond acceptors (Lipinski definition) is 4. The minimum absolute atomic E-state index is 0.656. The summed E-state index contributed by atoms with van der Waals surface area (Å²) in [5.41, 5.74) is 2.43. The first-order valence-corrected chi connectivity index (χ1v) is 9.48. The van der Waals surface area contributed by atoms with E-state index in [0.717, 1.165) is 16.7 Å². The van der Waals surface area contributed by atoms with Gasteiger partial charge < -0.3 is 9.30 Å². The molecule has 0 saturated heterocycles. The number of benzene rings is 1. The van der Waals surface area contributed by atoms with Crippen LogP contribution in [0.15, 0.2) is 23.4 Å². The second-order valence-electron chi connectivity index (χ2n) is 6.68. The zero-order valence-electron chi connectivity index (χ0n) is 13.8. The van der Waals surface area contributed by atoms with Gasteiger partial charge >= 0.3 is 0 Å². The van der Waals surface area contributed by atoms with Gasteiger partial charge in [0.05, 0.1) is 6.61 Å². The average molecular weight is 329 g/mol. The molecule has 0 atom stereocenters. The Labute approximate surface area is 141 Å². The van der Waals surface area contributed by atoms with E-state index in [0.29, 0.717) is 18.6 Å². The van der Waals surface area contributed by atoms with Gasteiger partial charge in [0.2, 0.25) is 0 Å². The van der Waals surface area contributed by atoms with E-state index in [1.807, 2.05) is 0 Å². The number of nitrogens with zero attached hydrogens (tertiary/aromatic N) is 3. The van der Waals surface area contributed by atoms with E-state index >= 15 is 0 Å². The maximum atomic E-state index is 5.94. The molecule has 0 bridgehead atoms. The lowest BCUT2D eigenvalue weighted by atomic mass is 10.1. The molecule has 4 rings (SSSR count). The van der Waals surface area contributed by atoms with E-state index < -0.39 is 0 Å². The number of aryl methyl sites for hydroxylation is 2. The Morgan fingerprint density at radius 2 is 2.00 bits per heavy atom. The maximum absolute atomic E-state index is 5.94. The third-order valence-electron chi connectivity index (χ3n) is 4.46. The molecule has 2 saturated carbocycles. The first-order valence-electron chi connectivity index (χ1n) is 8.50. The normalized spacial score (nSPS) is 17.5. The van der Waals surface area contributed by atoms with Crippen LogP contribution in [0.4, 0.5) is 0 Å². The van der Waals surface area contributed by atoms with Gasteiger partial charge in [0.25, 0.3) is 0 Å². The second-order valence-corrected chi connectivity index (χ2v) is 7.74. The van der Waals surface area contributed by atoms with Gasteiger partial charge in [-0.2, -0.15) is 0 Å². The molecule has 0 N–H and O–H groups in total. The zero-order valence-corrected chi connectivity index (χ0v) is 14.6. The smallest absolute Gasteiger partial charge is 0.191 e. The molecule has 0 spiro atoms. The van der Waals surface area contributed by atoms with E-state index in [1.54, 1.807) is 11.8 Å². The highest BCUT2D eigenvalue weighted by Crippen LogP contribution is 2.45. The lowest BCUT2D eigenvalue weighted by Crippen LogP contribution is -2.05. The Morgan fingerprint density at radius 1 is 1.17 bits per heavy atom. The van der Waals surface area contributed by atoms with Crippen LogP contribution < -0.4 is 4.74 Å². The van der Waals surface area contributed by atoms with E-state index in [4.69, 9.17) is 4.74 Å². The van der Waals surface area contributed by atoms with E-state index in [9.17, 15) is 0 Å². The molecular weight excluding hydrogens is 306 g/mol. The van der Waals surface area contributed by atoms with E-state index in [2.05, 4.69) is 46.8 Å². The fourth-order valence-electron chi connectivity index (χ4n) is 2.83. The summed E-state index contributed by atoms with van der Waals surface area (Å²) in [4.78, 5) is 0. The molecule has 0 unspecified atom stereocenters. The summed E-state index contributed by atoms with van der Waals surface area (Å²) >= 11 is 1.78. The topological polar surface area (TPSA) is 39.9 Å². The van der Waals surface area contributed by atoms with Crippen molar-refractivity contribution in [2.45, 2.75) is 56.6 Å². The predicted octanol–water partition coefficient (Wildman–Crippen LogP) is 4.28.